The van der Waals surface area contributed by atoms with Crippen LogP contribution in [0.25, 0.3) is 0 Å². The molecular formula is C18H19BrFN3O. The van der Waals surface area contributed by atoms with Gasteiger partial charge in [-0.1, -0.05) is 34.1 Å². The summed E-state index contributed by atoms with van der Waals surface area (Å²) in [5, 5.41) is 3.14. The summed E-state index contributed by atoms with van der Waals surface area (Å²) in [7, 11) is 0. The van der Waals surface area contributed by atoms with Gasteiger partial charge in [-0.25, -0.2) is 4.39 Å². The molecular weight excluding hydrogens is 373 g/mol. The molecule has 2 aromatic carbocycles. The molecule has 0 spiro atoms. The summed E-state index contributed by atoms with van der Waals surface area (Å²) >= 11 is 3.41. The van der Waals surface area contributed by atoms with Crippen LogP contribution in [0.5, 0.6) is 0 Å². The number of carbonyl (C=O) groups is 1. The van der Waals surface area contributed by atoms with Crippen molar-refractivity contribution < 1.29 is 9.18 Å². The van der Waals surface area contributed by atoms with Crippen LogP contribution in [0.1, 0.15) is 0 Å². The van der Waals surface area contributed by atoms with Crippen LogP contribution in [0.3, 0.4) is 0 Å². The van der Waals surface area contributed by atoms with Gasteiger partial charge in [0, 0.05) is 36.3 Å². The van der Waals surface area contributed by atoms with Crippen molar-refractivity contribution in [3.8, 4) is 0 Å². The molecule has 1 N–H and O–H groups in total. The van der Waals surface area contributed by atoms with Crippen molar-refractivity contribution in [3.05, 3.63) is 58.8 Å². The van der Waals surface area contributed by atoms with E-state index in [0.717, 1.165) is 10.2 Å². The lowest BCUT2D eigenvalue weighted by Crippen LogP contribution is -2.50. The maximum atomic E-state index is 13.8. The number of carbonyl (C=O) groups excluding carboxylic acids is 1. The quantitative estimate of drug-likeness (QED) is 0.867. The predicted molar refractivity (Wildman–Crippen MR) is 97.8 cm³/mol. The third-order valence-electron chi connectivity index (χ3n) is 4.09. The first-order valence-electron chi connectivity index (χ1n) is 7.90. The molecule has 0 aliphatic carbocycles. The van der Waals surface area contributed by atoms with Crippen molar-refractivity contribution in [1.82, 2.24) is 4.90 Å². The maximum Gasteiger partial charge on any atom is 0.241 e. The van der Waals surface area contributed by atoms with Gasteiger partial charge in [0.25, 0.3) is 0 Å². The van der Waals surface area contributed by atoms with Crippen molar-refractivity contribution in [1.29, 1.82) is 0 Å². The minimum Gasteiger partial charge on any atom is -0.376 e. The first-order valence-corrected chi connectivity index (χ1v) is 8.69. The van der Waals surface area contributed by atoms with Gasteiger partial charge in [0.1, 0.15) is 5.82 Å². The Bertz CT molecular complexity index is 717. The summed E-state index contributed by atoms with van der Waals surface area (Å²) in [6.45, 7) is 2.75. The number of benzene rings is 2. The van der Waals surface area contributed by atoms with Gasteiger partial charge in [0.15, 0.2) is 0 Å². The Morgan fingerprint density at radius 3 is 2.54 bits per heavy atom. The van der Waals surface area contributed by atoms with Gasteiger partial charge in [0.05, 0.1) is 12.2 Å². The molecule has 6 heteroatoms. The number of hydrogen-bond acceptors (Lipinski definition) is 3. The van der Waals surface area contributed by atoms with E-state index in [1.807, 2.05) is 40.1 Å². The van der Waals surface area contributed by atoms with Crippen LogP contribution >= 0.6 is 15.9 Å². The average molecular weight is 392 g/mol. The van der Waals surface area contributed by atoms with Gasteiger partial charge in [-0.05, 0) is 30.3 Å². The fourth-order valence-corrected chi connectivity index (χ4v) is 3.19. The molecule has 2 aromatic rings. The van der Waals surface area contributed by atoms with Crippen molar-refractivity contribution in [2.45, 2.75) is 0 Å². The Balaban J connectivity index is 1.51. The number of rotatable bonds is 4. The van der Waals surface area contributed by atoms with E-state index in [9.17, 15) is 9.18 Å². The zero-order chi connectivity index (χ0) is 16.9. The Labute approximate surface area is 149 Å². The number of para-hydroxylation sites is 1. The molecule has 3 rings (SSSR count). The second-order valence-corrected chi connectivity index (χ2v) is 6.60. The normalized spacial score (nSPS) is 14.6. The number of anilines is 2. The highest BCUT2D eigenvalue weighted by molar-refractivity contribution is 9.10. The zero-order valence-corrected chi connectivity index (χ0v) is 14.8. The van der Waals surface area contributed by atoms with Crippen LogP contribution in [-0.2, 0) is 4.79 Å². The minimum absolute atomic E-state index is 0.0585. The molecule has 0 unspecified atom stereocenters. The van der Waals surface area contributed by atoms with E-state index < -0.39 is 0 Å². The third-order valence-corrected chi connectivity index (χ3v) is 4.59. The number of piperazine rings is 1. The van der Waals surface area contributed by atoms with Crippen LogP contribution in [0.2, 0.25) is 0 Å². The second kappa shape index (κ2) is 7.66. The molecule has 1 aliphatic heterocycles. The Kier molecular flexibility index (Phi) is 5.35. The minimum atomic E-state index is -0.214. The smallest absolute Gasteiger partial charge is 0.241 e. The fourth-order valence-electron chi connectivity index (χ4n) is 2.79. The molecule has 24 heavy (non-hydrogen) atoms. The Morgan fingerprint density at radius 1 is 1.08 bits per heavy atom. The number of halogens is 2. The van der Waals surface area contributed by atoms with Gasteiger partial charge in [-0.3, -0.25) is 4.79 Å². The average Bonchev–Trinajstić information content (AvgIpc) is 2.60. The van der Waals surface area contributed by atoms with Gasteiger partial charge in [-0.15, -0.1) is 0 Å². The number of hydrogen-bond donors (Lipinski definition) is 1. The SMILES string of the molecule is O=C(CNc1cccc(Br)c1)N1CCN(c2ccccc2F)CC1. The van der Waals surface area contributed by atoms with Crippen molar-refractivity contribution >= 4 is 33.2 Å². The highest BCUT2D eigenvalue weighted by Crippen LogP contribution is 2.20. The van der Waals surface area contributed by atoms with Crippen LogP contribution in [0.15, 0.2) is 53.0 Å². The molecule has 1 heterocycles. The van der Waals surface area contributed by atoms with Crippen molar-refractivity contribution in [3.63, 3.8) is 0 Å². The largest absolute Gasteiger partial charge is 0.376 e. The summed E-state index contributed by atoms with van der Waals surface area (Å²) in [4.78, 5) is 16.1. The molecule has 0 radical (unpaired) electrons. The molecule has 0 saturated carbocycles. The molecule has 1 amide bonds. The topological polar surface area (TPSA) is 35.6 Å². The molecule has 1 aliphatic rings. The van der Waals surface area contributed by atoms with Crippen LogP contribution in [-0.4, -0.2) is 43.5 Å². The molecule has 126 valence electrons. The van der Waals surface area contributed by atoms with Crippen molar-refractivity contribution in [2.24, 2.45) is 0 Å². The first-order chi connectivity index (χ1) is 11.6. The summed E-state index contributed by atoms with van der Waals surface area (Å²) in [5.74, 6) is -0.156. The lowest BCUT2D eigenvalue weighted by molar-refractivity contribution is -0.129. The maximum absolute atomic E-state index is 13.8. The second-order valence-electron chi connectivity index (χ2n) is 5.68. The standard InChI is InChI=1S/C18H19BrFN3O/c19-14-4-3-5-15(12-14)21-13-18(24)23-10-8-22(9-11-23)17-7-2-1-6-16(17)20/h1-7,12,21H,8-11,13H2. The van der Waals surface area contributed by atoms with E-state index in [1.54, 1.807) is 12.1 Å². The number of nitrogens with one attached hydrogen (secondary N) is 1. The highest BCUT2D eigenvalue weighted by Gasteiger charge is 2.22. The zero-order valence-electron chi connectivity index (χ0n) is 13.2. The van der Waals surface area contributed by atoms with Gasteiger partial charge < -0.3 is 15.1 Å². The Hall–Kier alpha value is -2.08. The van der Waals surface area contributed by atoms with Crippen LogP contribution in [0, 0.1) is 5.82 Å². The molecule has 0 atom stereocenters. The highest BCUT2D eigenvalue weighted by atomic mass is 79.9. The predicted octanol–water partition coefficient (Wildman–Crippen LogP) is 3.35. The number of amides is 1. The Morgan fingerprint density at radius 2 is 1.83 bits per heavy atom. The van der Waals surface area contributed by atoms with Crippen molar-refractivity contribution in [2.75, 3.05) is 42.9 Å². The van der Waals surface area contributed by atoms with Gasteiger partial charge >= 0.3 is 0 Å². The van der Waals surface area contributed by atoms with Crippen LogP contribution < -0.4 is 10.2 Å². The summed E-state index contributed by atoms with van der Waals surface area (Å²) in [5.41, 5.74) is 1.51. The van der Waals surface area contributed by atoms with E-state index in [4.69, 9.17) is 0 Å². The third kappa shape index (κ3) is 4.06. The van der Waals surface area contributed by atoms with E-state index in [-0.39, 0.29) is 18.3 Å². The summed E-state index contributed by atoms with van der Waals surface area (Å²) in [6.07, 6.45) is 0. The van der Waals surface area contributed by atoms with Gasteiger partial charge in [-0.2, -0.15) is 0 Å². The number of nitrogens with zero attached hydrogens (tertiary/aromatic N) is 2. The molecule has 4 nitrogen and oxygen atoms in total. The molecule has 1 fully saturated rings. The fraction of sp³-hybridized carbons (Fsp3) is 0.278. The molecule has 0 bridgehead atoms. The van der Waals surface area contributed by atoms with Gasteiger partial charge in [0.2, 0.25) is 5.91 Å². The van der Waals surface area contributed by atoms with E-state index in [0.29, 0.717) is 31.9 Å². The summed E-state index contributed by atoms with van der Waals surface area (Å²) in [6, 6.07) is 14.5. The van der Waals surface area contributed by atoms with E-state index in [1.165, 1.54) is 6.07 Å². The van der Waals surface area contributed by atoms with Crippen LogP contribution in [0.4, 0.5) is 15.8 Å². The molecule has 0 aromatic heterocycles. The lowest BCUT2D eigenvalue weighted by atomic mass is 10.2. The van der Waals surface area contributed by atoms with E-state index in [2.05, 4.69) is 21.2 Å². The first kappa shape index (κ1) is 16.8. The van der Waals surface area contributed by atoms with E-state index >= 15 is 0 Å². The lowest BCUT2D eigenvalue weighted by Gasteiger charge is -2.36. The monoisotopic (exact) mass is 391 g/mol. The molecule has 1 saturated heterocycles. The summed E-state index contributed by atoms with van der Waals surface area (Å²) < 4.78 is 14.8.